The highest BCUT2D eigenvalue weighted by Gasteiger charge is 2.34. The fourth-order valence-corrected chi connectivity index (χ4v) is 2.86. The quantitative estimate of drug-likeness (QED) is 0.667. The summed E-state index contributed by atoms with van der Waals surface area (Å²) >= 11 is 0. The molecular weight excluding hydrogens is 270 g/mol. The molecule has 1 aliphatic heterocycles. The zero-order valence-electron chi connectivity index (χ0n) is 13.1. The van der Waals surface area contributed by atoms with Gasteiger partial charge in [-0.15, -0.1) is 0 Å². The molecule has 0 bridgehead atoms. The second-order valence-electron chi connectivity index (χ2n) is 5.99. The maximum Gasteiger partial charge on any atom is 0.243 e. The Hall–Kier alpha value is -2.04. The summed E-state index contributed by atoms with van der Waals surface area (Å²) in [5, 5.41) is 21.0. The number of rotatable bonds is 2. The summed E-state index contributed by atoms with van der Waals surface area (Å²) in [5.41, 5.74) is 2.93. The van der Waals surface area contributed by atoms with Gasteiger partial charge < -0.3 is 9.84 Å². The Balaban J connectivity index is 2.50. The average Bonchev–Trinajstić information content (AvgIpc) is 2.42. The number of nitrogens with zero attached hydrogens (tertiary/aromatic N) is 1. The topological polar surface area (TPSA) is 72.6 Å². The van der Waals surface area contributed by atoms with Crippen molar-refractivity contribution >= 4 is 0 Å². The van der Waals surface area contributed by atoms with Crippen LogP contribution in [0.3, 0.4) is 0 Å². The van der Waals surface area contributed by atoms with Crippen molar-refractivity contribution in [2.24, 2.45) is 0 Å². The number of phenols is 1. The van der Waals surface area contributed by atoms with Crippen LogP contribution in [0.2, 0.25) is 0 Å². The van der Waals surface area contributed by atoms with E-state index in [2.05, 4.69) is 0 Å². The molecule has 0 fully saturated rings. The van der Waals surface area contributed by atoms with Crippen LogP contribution in [0.4, 0.5) is 0 Å². The van der Waals surface area contributed by atoms with E-state index in [0.29, 0.717) is 12.2 Å². The monoisotopic (exact) mass is 291 g/mol. The molecule has 0 aromatic heterocycles. The molecule has 21 heavy (non-hydrogen) atoms. The molecule has 1 unspecified atom stereocenters. The van der Waals surface area contributed by atoms with Crippen LogP contribution in [-0.4, -0.2) is 15.6 Å². The molecule has 0 saturated carbocycles. The first-order valence-corrected chi connectivity index (χ1v) is 7.01. The molecule has 2 rings (SSSR count). The average molecular weight is 291 g/mol. The first kappa shape index (κ1) is 15.4. The van der Waals surface area contributed by atoms with Crippen molar-refractivity contribution in [3.8, 4) is 11.5 Å². The lowest BCUT2D eigenvalue weighted by Gasteiger charge is -2.35. The molecular formula is C16H21NO4. The fraction of sp³-hybridized carbons (Fsp3) is 0.500. The lowest BCUT2D eigenvalue weighted by atomic mass is 9.87. The van der Waals surface area contributed by atoms with Crippen molar-refractivity contribution < 1.29 is 14.8 Å². The Morgan fingerprint density at radius 2 is 1.95 bits per heavy atom. The van der Waals surface area contributed by atoms with E-state index in [1.165, 1.54) is 6.92 Å². The van der Waals surface area contributed by atoms with Gasteiger partial charge in [0.2, 0.25) is 5.70 Å². The van der Waals surface area contributed by atoms with E-state index in [1.807, 2.05) is 27.7 Å². The Morgan fingerprint density at radius 3 is 2.52 bits per heavy atom. The number of benzene rings is 1. The molecule has 114 valence electrons. The van der Waals surface area contributed by atoms with Crippen LogP contribution in [-0.2, 0) is 6.42 Å². The number of phenolic OH excluding ortho intramolecular Hbond substituents is 1. The largest absolute Gasteiger partial charge is 0.507 e. The molecule has 1 heterocycles. The molecule has 1 atom stereocenters. The van der Waals surface area contributed by atoms with Crippen LogP contribution < -0.4 is 4.74 Å². The van der Waals surface area contributed by atoms with Gasteiger partial charge in [0.15, 0.2) is 0 Å². The molecule has 0 radical (unpaired) electrons. The summed E-state index contributed by atoms with van der Waals surface area (Å²) in [6.07, 6.45) is 2.95. The van der Waals surface area contributed by atoms with Crippen molar-refractivity contribution in [3.63, 3.8) is 0 Å². The summed E-state index contributed by atoms with van der Waals surface area (Å²) in [6.45, 7) is 8.98. The summed E-state index contributed by atoms with van der Waals surface area (Å²) in [6, 6.07) is 0. The summed E-state index contributed by atoms with van der Waals surface area (Å²) in [7, 11) is 0. The lowest BCUT2D eigenvalue weighted by molar-refractivity contribution is -0.425. The molecule has 1 N–H and O–H groups in total. The second kappa shape index (κ2) is 5.06. The number of nitro groups is 1. The number of fused-ring (bicyclic) bond motifs is 1. The second-order valence-corrected chi connectivity index (χ2v) is 5.99. The zero-order valence-corrected chi connectivity index (χ0v) is 13.1. The number of allylic oxidation sites excluding steroid dienone is 1. The molecule has 5 heteroatoms. The van der Waals surface area contributed by atoms with Gasteiger partial charge in [-0.05, 0) is 57.2 Å². The molecule has 1 aliphatic rings. The van der Waals surface area contributed by atoms with Crippen LogP contribution in [0.25, 0.3) is 0 Å². The third-order valence-corrected chi connectivity index (χ3v) is 4.35. The summed E-state index contributed by atoms with van der Waals surface area (Å²) < 4.78 is 6.10. The molecule has 0 saturated heterocycles. The SMILES string of the molecule is C/C(=C/C1(C)CCc2c(C)c(O)c(C)c(C)c2O1)[N+](=O)[O-]. The normalized spacial score (nSPS) is 21.7. The number of hydrogen-bond donors (Lipinski definition) is 1. The summed E-state index contributed by atoms with van der Waals surface area (Å²) in [5.74, 6) is 1.07. The van der Waals surface area contributed by atoms with Gasteiger partial charge in [-0.3, -0.25) is 10.1 Å². The van der Waals surface area contributed by atoms with Crippen LogP contribution in [0, 0.1) is 30.9 Å². The van der Waals surface area contributed by atoms with Crippen molar-refractivity contribution in [3.05, 3.63) is 44.1 Å². The van der Waals surface area contributed by atoms with Gasteiger partial charge in [-0.2, -0.15) is 0 Å². The van der Waals surface area contributed by atoms with Gasteiger partial charge >= 0.3 is 0 Å². The predicted octanol–water partition coefficient (Wildman–Crippen LogP) is 3.58. The summed E-state index contributed by atoms with van der Waals surface area (Å²) in [4.78, 5) is 10.4. The fourth-order valence-electron chi connectivity index (χ4n) is 2.86. The highest BCUT2D eigenvalue weighted by molar-refractivity contribution is 5.58. The van der Waals surface area contributed by atoms with Crippen molar-refractivity contribution in [1.82, 2.24) is 0 Å². The minimum atomic E-state index is -0.690. The lowest BCUT2D eigenvalue weighted by Crippen LogP contribution is -2.35. The predicted molar refractivity (Wildman–Crippen MR) is 80.4 cm³/mol. The van der Waals surface area contributed by atoms with E-state index in [-0.39, 0.29) is 5.70 Å². The van der Waals surface area contributed by atoms with Crippen molar-refractivity contribution in [2.75, 3.05) is 0 Å². The Labute approximate surface area is 124 Å². The molecule has 0 amide bonds. The van der Waals surface area contributed by atoms with Gasteiger partial charge in [0.1, 0.15) is 17.1 Å². The number of hydrogen-bond acceptors (Lipinski definition) is 4. The van der Waals surface area contributed by atoms with Crippen LogP contribution in [0.1, 0.15) is 42.5 Å². The van der Waals surface area contributed by atoms with Gasteiger partial charge in [0, 0.05) is 18.6 Å². The highest BCUT2D eigenvalue weighted by Crippen LogP contribution is 2.43. The molecule has 1 aromatic rings. The van der Waals surface area contributed by atoms with Gasteiger partial charge in [-0.1, -0.05) is 0 Å². The first-order valence-electron chi connectivity index (χ1n) is 7.01. The maximum atomic E-state index is 10.8. The maximum absolute atomic E-state index is 10.8. The number of ether oxygens (including phenoxy) is 1. The minimum absolute atomic E-state index is 0.0887. The van der Waals surface area contributed by atoms with E-state index in [4.69, 9.17) is 4.74 Å². The third-order valence-electron chi connectivity index (χ3n) is 4.35. The molecule has 1 aromatic carbocycles. The van der Waals surface area contributed by atoms with E-state index >= 15 is 0 Å². The number of aromatic hydroxyl groups is 1. The molecule has 0 spiro atoms. The first-order chi connectivity index (χ1) is 9.66. The molecule has 0 aliphatic carbocycles. The standard InChI is InChI=1S/C16H21NO4/c1-9(17(19)20)8-16(5)7-6-13-12(4)14(18)10(2)11(3)15(13)21-16/h8,18H,6-7H2,1-5H3/b9-8-. The van der Waals surface area contributed by atoms with E-state index < -0.39 is 10.5 Å². The Morgan fingerprint density at radius 1 is 1.33 bits per heavy atom. The smallest absolute Gasteiger partial charge is 0.243 e. The Kier molecular flexibility index (Phi) is 3.70. The van der Waals surface area contributed by atoms with E-state index in [1.54, 1.807) is 6.08 Å². The van der Waals surface area contributed by atoms with E-state index in [9.17, 15) is 15.2 Å². The van der Waals surface area contributed by atoms with Crippen LogP contribution >= 0.6 is 0 Å². The third kappa shape index (κ3) is 2.60. The molecule has 5 nitrogen and oxygen atoms in total. The highest BCUT2D eigenvalue weighted by atomic mass is 16.6. The minimum Gasteiger partial charge on any atom is -0.507 e. The zero-order chi connectivity index (χ0) is 15.9. The van der Waals surface area contributed by atoms with Crippen molar-refractivity contribution in [1.29, 1.82) is 0 Å². The van der Waals surface area contributed by atoms with Gasteiger partial charge in [0.05, 0.1) is 4.92 Å². The van der Waals surface area contributed by atoms with Crippen LogP contribution in [0.5, 0.6) is 11.5 Å². The van der Waals surface area contributed by atoms with Crippen LogP contribution in [0.15, 0.2) is 11.8 Å². The Bertz CT molecular complexity index is 648. The van der Waals surface area contributed by atoms with Gasteiger partial charge in [0.25, 0.3) is 0 Å². The van der Waals surface area contributed by atoms with E-state index in [0.717, 1.165) is 34.4 Å². The van der Waals surface area contributed by atoms with Crippen molar-refractivity contribution in [2.45, 2.75) is 53.1 Å². The van der Waals surface area contributed by atoms with Gasteiger partial charge in [-0.25, -0.2) is 0 Å².